The predicted octanol–water partition coefficient (Wildman–Crippen LogP) is 4.51. The summed E-state index contributed by atoms with van der Waals surface area (Å²) >= 11 is 0. The molecule has 0 amide bonds. The number of rotatable bonds is 12. The van der Waals surface area contributed by atoms with Crippen molar-refractivity contribution in [2.75, 3.05) is 20.3 Å². The number of hydrogen-bond acceptors (Lipinski definition) is 5. The Hall–Kier alpha value is -1.44. The molecule has 7 heteroatoms. The molecule has 3 rings (SSSR count). The molecule has 2 aliphatic rings. The number of methoxy groups -OCH3 is 1. The minimum Gasteiger partial charge on any atom is -0.385 e. The quantitative estimate of drug-likeness (QED) is 0.347. The Morgan fingerprint density at radius 2 is 1.90 bits per heavy atom. The summed E-state index contributed by atoms with van der Waals surface area (Å²) in [6.07, 6.45) is 15.3. The second-order valence-electron chi connectivity index (χ2n) is 9.07. The Bertz CT molecular complexity index is 830. The van der Waals surface area contributed by atoms with Crippen molar-refractivity contribution in [3.63, 3.8) is 0 Å². The molecule has 1 aliphatic carbocycles. The van der Waals surface area contributed by atoms with Crippen LogP contribution in [0.5, 0.6) is 0 Å². The van der Waals surface area contributed by atoms with Crippen molar-refractivity contribution < 1.29 is 13.2 Å². The molecule has 0 atom stereocenters. The van der Waals surface area contributed by atoms with Crippen LogP contribution >= 0.6 is 0 Å². The van der Waals surface area contributed by atoms with Gasteiger partial charge in [-0.05, 0) is 51.5 Å². The van der Waals surface area contributed by atoms with E-state index in [1.165, 1.54) is 6.42 Å². The maximum atomic E-state index is 13.4. The van der Waals surface area contributed by atoms with Crippen LogP contribution in [0.1, 0.15) is 69.9 Å². The van der Waals surface area contributed by atoms with Gasteiger partial charge in [-0.25, -0.2) is 13.4 Å². The molecule has 0 aromatic carbocycles. The highest BCUT2D eigenvalue weighted by molar-refractivity contribution is 7.91. The van der Waals surface area contributed by atoms with Crippen LogP contribution < -0.4 is 0 Å². The zero-order valence-corrected chi connectivity index (χ0v) is 19.9. The number of aromatic nitrogens is 2. The molecule has 0 spiro atoms. The van der Waals surface area contributed by atoms with E-state index >= 15 is 0 Å². The summed E-state index contributed by atoms with van der Waals surface area (Å²) in [5.41, 5.74) is 0.987. The highest BCUT2D eigenvalue weighted by atomic mass is 32.2. The first-order valence-corrected chi connectivity index (χ1v) is 13.3. The van der Waals surface area contributed by atoms with Gasteiger partial charge in [-0.15, -0.1) is 13.2 Å². The molecule has 1 saturated carbocycles. The van der Waals surface area contributed by atoms with Crippen LogP contribution in [0.4, 0.5) is 0 Å². The fourth-order valence-electron chi connectivity index (χ4n) is 5.38. The molecule has 2 heterocycles. The second-order valence-corrected chi connectivity index (χ2v) is 11.2. The topological polar surface area (TPSA) is 64.4 Å². The van der Waals surface area contributed by atoms with Crippen LogP contribution in [0.2, 0.25) is 0 Å². The first-order valence-electron chi connectivity index (χ1n) is 11.7. The average Bonchev–Trinajstić information content (AvgIpc) is 3.42. The number of ether oxygens (including phenoxy) is 1. The van der Waals surface area contributed by atoms with Gasteiger partial charge in [0.25, 0.3) is 0 Å². The molecule has 0 N–H and O–H groups in total. The molecule has 1 aliphatic heterocycles. The van der Waals surface area contributed by atoms with Gasteiger partial charge in [0.15, 0.2) is 0 Å². The molecule has 1 saturated heterocycles. The molecule has 2 fully saturated rings. The molecule has 31 heavy (non-hydrogen) atoms. The summed E-state index contributed by atoms with van der Waals surface area (Å²) in [6, 6.07) is 0. The van der Waals surface area contributed by atoms with E-state index in [0.29, 0.717) is 19.7 Å². The summed E-state index contributed by atoms with van der Waals surface area (Å²) in [5.74, 6) is 0. The van der Waals surface area contributed by atoms with Crippen LogP contribution in [0.3, 0.4) is 0 Å². The number of hydrogen-bond donors (Lipinski definition) is 0. The molecule has 174 valence electrons. The summed E-state index contributed by atoms with van der Waals surface area (Å²) in [5, 5.41) is -0.0416. The van der Waals surface area contributed by atoms with E-state index < -0.39 is 9.84 Å². The normalized spacial score (nSPS) is 20.2. The minimum atomic E-state index is -3.42. The maximum Gasteiger partial charge on any atom is 0.228 e. The minimum absolute atomic E-state index is 0.00781. The van der Waals surface area contributed by atoms with Crippen LogP contribution in [-0.2, 0) is 27.7 Å². The summed E-state index contributed by atoms with van der Waals surface area (Å²) < 4.78 is 33.9. The van der Waals surface area contributed by atoms with Gasteiger partial charge in [0.1, 0.15) is 0 Å². The van der Waals surface area contributed by atoms with Crippen molar-refractivity contribution >= 4 is 9.84 Å². The monoisotopic (exact) mass is 449 g/mol. The molecule has 0 bridgehead atoms. The smallest absolute Gasteiger partial charge is 0.228 e. The van der Waals surface area contributed by atoms with Crippen molar-refractivity contribution in [1.82, 2.24) is 14.5 Å². The summed E-state index contributed by atoms with van der Waals surface area (Å²) in [7, 11) is -1.74. The standard InChI is InChI=1S/C24H39N3O3S/c1-4-13-24(14-5-2)15-8-9-16-26(24)20-21-19-25-23(27(21)17-10-18-30-3)31(28,29)22-11-6-7-12-22/h4-5,19,22H,1-2,6-18,20H2,3H3. The Labute approximate surface area is 188 Å². The fraction of sp³-hybridized carbons (Fsp3) is 0.708. The second kappa shape index (κ2) is 10.9. The number of likely N-dealkylation sites (tertiary alicyclic amines) is 1. The maximum absolute atomic E-state index is 13.4. The highest BCUT2D eigenvalue weighted by Gasteiger charge is 2.38. The van der Waals surface area contributed by atoms with Gasteiger partial charge in [-0.1, -0.05) is 31.4 Å². The summed E-state index contributed by atoms with van der Waals surface area (Å²) in [6.45, 7) is 10.9. The van der Waals surface area contributed by atoms with Crippen molar-refractivity contribution in [2.45, 2.75) is 93.2 Å². The third-order valence-electron chi connectivity index (χ3n) is 7.02. The zero-order chi connectivity index (χ0) is 22.3. The molecule has 0 unspecified atom stereocenters. The van der Waals surface area contributed by atoms with E-state index in [4.69, 9.17) is 4.74 Å². The lowest BCUT2D eigenvalue weighted by Gasteiger charge is -2.47. The van der Waals surface area contributed by atoms with Crippen LogP contribution in [0.15, 0.2) is 36.7 Å². The van der Waals surface area contributed by atoms with E-state index in [0.717, 1.165) is 70.0 Å². The average molecular weight is 450 g/mol. The highest BCUT2D eigenvalue weighted by Crippen LogP contribution is 2.37. The lowest BCUT2D eigenvalue weighted by atomic mass is 9.80. The SMILES string of the molecule is C=CCC1(CC=C)CCCCN1Cc1cnc(S(=O)(=O)C2CCCC2)n1CCCOC. The van der Waals surface area contributed by atoms with Crippen LogP contribution in [0.25, 0.3) is 0 Å². The van der Waals surface area contributed by atoms with E-state index in [9.17, 15) is 8.42 Å². The first kappa shape index (κ1) is 24.2. The van der Waals surface area contributed by atoms with Gasteiger partial charge >= 0.3 is 0 Å². The lowest BCUT2D eigenvalue weighted by Crippen LogP contribution is -2.51. The van der Waals surface area contributed by atoms with Crippen LogP contribution in [0, 0.1) is 0 Å². The molecular weight excluding hydrogens is 410 g/mol. The molecular formula is C24H39N3O3S. The number of imidazole rings is 1. The first-order chi connectivity index (χ1) is 15.0. The van der Waals surface area contributed by atoms with E-state index in [2.05, 4.69) is 23.0 Å². The number of sulfone groups is 1. The Balaban J connectivity index is 1.93. The number of piperidine rings is 1. The largest absolute Gasteiger partial charge is 0.385 e. The van der Waals surface area contributed by atoms with Crippen molar-refractivity contribution in [1.29, 1.82) is 0 Å². The molecule has 0 radical (unpaired) electrons. The van der Waals surface area contributed by atoms with Gasteiger partial charge in [0, 0.05) is 32.3 Å². The summed E-state index contributed by atoms with van der Waals surface area (Å²) in [4.78, 5) is 6.99. The van der Waals surface area contributed by atoms with E-state index in [1.807, 2.05) is 16.7 Å². The fourth-order valence-corrected chi connectivity index (χ4v) is 7.34. The molecule has 6 nitrogen and oxygen atoms in total. The molecule has 1 aromatic rings. The van der Waals surface area contributed by atoms with E-state index in [1.54, 1.807) is 13.3 Å². The van der Waals surface area contributed by atoms with Gasteiger partial charge in [0.2, 0.25) is 15.0 Å². The Morgan fingerprint density at radius 3 is 2.55 bits per heavy atom. The van der Waals surface area contributed by atoms with Crippen LogP contribution in [-0.4, -0.2) is 53.9 Å². The van der Waals surface area contributed by atoms with Gasteiger partial charge in [-0.3, -0.25) is 4.90 Å². The third kappa shape index (κ3) is 5.32. The lowest BCUT2D eigenvalue weighted by molar-refractivity contribution is 0.0403. The zero-order valence-electron chi connectivity index (χ0n) is 19.1. The third-order valence-corrected chi connectivity index (χ3v) is 9.20. The van der Waals surface area contributed by atoms with Crippen molar-refractivity contribution in [2.24, 2.45) is 0 Å². The number of nitrogens with zero attached hydrogens (tertiary/aromatic N) is 3. The Kier molecular flexibility index (Phi) is 8.53. The predicted molar refractivity (Wildman–Crippen MR) is 125 cm³/mol. The molecule has 1 aromatic heterocycles. The van der Waals surface area contributed by atoms with Crippen molar-refractivity contribution in [3.8, 4) is 0 Å². The van der Waals surface area contributed by atoms with Gasteiger partial charge in [0.05, 0.1) is 17.1 Å². The van der Waals surface area contributed by atoms with E-state index in [-0.39, 0.29) is 15.9 Å². The van der Waals surface area contributed by atoms with Gasteiger partial charge in [-0.2, -0.15) is 0 Å². The van der Waals surface area contributed by atoms with Crippen molar-refractivity contribution in [3.05, 3.63) is 37.2 Å². The Morgan fingerprint density at radius 1 is 1.19 bits per heavy atom. The van der Waals surface area contributed by atoms with Gasteiger partial charge < -0.3 is 9.30 Å².